The van der Waals surface area contributed by atoms with E-state index in [0.717, 1.165) is 22.5 Å². The number of nitrogens with zero attached hydrogens (tertiary/aromatic N) is 3. The highest BCUT2D eigenvalue weighted by Gasteiger charge is 2.18. The minimum Gasteiger partial charge on any atom is -0.361 e. The molecule has 5 heteroatoms. The van der Waals surface area contributed by atoms with E-state index in [2.05, 4.69) is 63.6 Å². The fourth-order valence-corrected chi connectivity index (χ4v) is 2.50. The molecule has 1 aromatic carbocycles. The SMILES string of the molecule is Cc1[nH]nc2c(N[C@@H](c3ccccc3)C(C)C)ncnc12. The van der Waals surface area contributed by atoms with Gasteiger partial charge in [0.25, 0.3) is 0 Å². The third-order valence-electron chi connectivity index (χ3n) is 3.63. The van der Waals surface area contributed by atoms with Gasteiger partial charge in [-0.15, -0.1) is 0 Å². The maximum absolute atomic E-state index is 4.36. The molecule has 0 saturated carbocycles. The molecule has 0 fully saturated rings. The van der Waals surface area contributed by atoms with Gasteiger partial charge in [0.05, 0.1) is 11.7 Å². The number of aromatic nitrogens is 4. The van der Waals surface area contributed by atoms with Crippen molar-refractivity contribution in [2.45, 2.75) is 26.8 Å². The lowest BCUT2D eigenvalue weighted by molar-refractivity contribution is 0.545. The minimum absolute atomic E-state index is 0.182. The maximum atomic E-state index is 4.36. The van der Waals surface area contributed by atoms with E-state index in [4.69, 9.17) is 0 Å². The van der Waals surface area contributed by atoms with E-state index >= 15 is 0 Å². The van der Waals surface area contributed by atoms with Crippen molar-refractivity contribution in [3.63, 3.8) is 0 Å². The molecule has 2 heterocycles. The van der Waals surface area contributed by atoms with Gasteiger partial charge < -0.3 is 5.32 Å². The van der Waals surface area contributed by atoms with Crippen molar-refractivity contribution in [3.8, 4) is 0 Å². The fraction of sp³-hybridized carbons (Fsp3) is 0.312. The quantitative estimate of drug-likeness (QED) is 0.768. The van der Waals surface area contributed by atoms with E-state index in [9.17, 15) is 0 Å². The topological polar surface area (TPSA) is 66.5 Å². The zero-order valence-corrected chi connectivity index (χ0v) is 12.5. The predicted octanol–water partition coefficient (Wildman–Crippen LogP) is 3.47. The Morgan fingerprint density at radius 1 is 1.05 bits per heavy atom. The predicted molar refractivity (Wildman–Crippen MR) is 84.1 cm³/mol. The number of aryl methyl sites for hydroxylation is 1. The number of rotatable bonds is 4. The summed E-state index contributed by atoms with van der Waals surface area (Å²) in [6, 6.07) is 10.6. The third-order valence-corrected chi connectivity index (χ3v) is 3.63. The van der Waals surface area contributed by atoms with Crippen LogP contribution in [0.3, 0.4) is 0 Å². The molecule has 0 saturated heterocycles. The van der Waals surface area contributed by atoms with Gasteiger partial charge in [-0.3, -0.25) is 5.10 Å². The van der Waals surface area contributed by atoms with E-state index in [-0.39, 0.29) is 6.04 Å². The van der Waals surface area contributed by atoms with E-state index < -0.39 is 0 Å². The molecule has 0 radical (unpaired) electrons. The Kier molecular flexibility index (Phi) is 3.56. The molecule has 0 aliphatic heterocycles. The summed E-state index contributed by atoms with van der Waals surface area (Å²) in [5, 5.41) is 10.8. The largest absolute Gasteiger partial charge is 0.361 e. The molecule has 21 heavy (non-hydrogen) atoms. The third kappa shape index (κ3) is 2.59. The first kappa shape index (κ1) is 13.5. The Hall–Kier alpha value is -2.43. The molecule has 0 unspecified atom stereocenters. The number of H-pyrrole nitrogens is 1. The maximum Gasteiger partial charge on any atom is 0.158 e. The van der Waals surface area contributed by atoms with Crippen LogP contribution in [-0.4, -0.2) is 20.2 Å². The summed E-state index contributed by atoms with van der Waals surface area (Å²) in [5.41, 5.74) is 3.85. The number of fused-ring (bicyclic) bond motifs is 1. The van der Waals surface area contributed by atoms with Crippen LogP contribution in [0.1, 0.15) is 31.1 Å². The van der Waals surface area contributed by atoms with Gasteiger partial charge in [-0.2, -0.15) is 5.10 Å². The standard InChI is InChI=1S/C16H19N5/c1-10(2)13(12-7-5-4-6-8-12)19-16-15-14(17-9-18-16)11(3)20-21-15/h4-10,13H,1-3H3,(H,20,21)(H,17,18,19)/t13-/m1/s1. The summed E-state index contributed by atoms with van der Waals surface area (Å²) < 4.78 is 0. The molecule has 0 spiro atoms. The van der Waals surface area contributed by atoms with Crippen LogP contribution in [-0.2, 0) is 0 Å². The average molecular weight is 281 g/mol. The number of benzene rings is 1. The molecule has 3 rings (SSSR count). The lowest BCUT2D eigenvalue weighted by Crippen LogP contribution is -2.17. The summed E-state index contributed by atoms with van der Waals surface area (Å²) in [7, 11) is 0. The lowest BCUT2D eigenvalue weighted by atomic mass is 9.96. The summed E-state index contributed by atoms with van der Waals surface area (Å²) >= 11 is 0. The van der Waals surface area contributed by atoms with Gasteiger partial charge in [0.2, 0.25) is 0 Å². The van der Waals surface area contributed by atoms with E-state index in [1.807, 2.05) is 13.0 Å². The van der Waals surface area contributed by atoms with Crippen LogP contribution in [0, 0.1) is 12.8 Å². The van der Waals surface area contributed by atoms with Gasteiger partial charge in [-0.1, -0.05) is 44.2 Å². The molecule has 0 amide bonds. The molecule has 2 aromatic heterocycles. The molecule has 2 N–H and O–H groups in total. The first-order valence-electron chi connectivity index (χ1n) is 7.14. The summed E-state index contributed by atoms with van der Waals surface area (Å²) in [4.78, 5) is 8.64. The van der Waals surface area contributed by atoms with Crippen LogP contribution in [0.25, 0.3) is 11.0 Å². The Labute approximate surface area is 123 Å². The van der Waals surface area contributed by atoms with Gasteiger partial charge in [-0.25, -0.2) is 9.97 Å². The van der Waals surface area contributed by atoms with Crippen LogP contribution >= 0.6 is 0 Å². The van der Waals surface area contributed by atoms with Gasteiger partial charge in [0, 0.05) is 0 Å². The molecule has 3 aromatic rings. The van der Waals surface area contributed by atoms with E-state index in [1.165, 1.54) is 5.56 Å². The molecule has 0 aliphatic carbocycles. The number of hydrogen-bond donors (Lipinski definition) is 2. The van der Waals surface area contributed by atoms with Gasteiger partial charge >= 0.3 is 0 Å². The van der Waals surface area contributed by atoms with Crippen molar-refractivity contribution in [1.82, 2.24) is 20.2 Å². The first-order valence-corrected chi connectivity index (χ1v) is 7.14. The first-order chi connectivity index (χ1) is 10.2. The Balaban J connectivity index is 1.99. The van der Waals surface area contributed by atoms with Gasteiger partial charge in [0.15, 0.2) is 11.3 Å². The molecule has 5 nitrogen and oxygen atoms in total. The van der Waals surface area contributed by atoms with Crippen molar-refractivity contribution >= 4 is 16.9 Å². The zero-order chi connectivity index (χ0) is 14.8. The lowest BCUT2D eigenvalue weighted by Gasteiger charge is -2.23. The molecule has 1 atom stereocenters. The number of anilines is 1. The van der Waals surface area contributed by atoms with Gasteiger partial charge in [-0.05, 0) is 18.4 Å². The van der Waals surface area contributed by atoms with Crippen LogP contribution in [0.4, 0.5) is 5.82 Å². The van der Waals surface area contributed by atoms with Gasteiger partial charge in [0.1, 0.15) is 11.8 Å². The number of nitrogens with one attached hydrogen (secondary N) is 2. The number of aromatic amines is 1. The molecular weight excluding hydrogens is 262 g/mol. The van der Waals surface area contributed by atoms with Crippen molar-refractivity contribution in [3.05, 3.63) is 47.9 Å². The molecule has 0 aliphatic rings. The Bertz CT molecular complexity index is 733. The Morgan fingerprint density at radius 3 is 2.52 bits per heavy atom. The van der Waals surface area contributed by atoms with E-state index in [1.54, 1.807) is 6.33 Å². The Morgan fingerprint density at radius 2 is 1.81 bits per heavy atom. The smallest absolute Gasteiger partial charge is 0.158 e. The monoisotopic (exact) mass is 281 g/mol. The van der Waals surface area contributed by atoms with Crippen LogP contribution in [0.5, 0.6) is 0 Å². The highest BCUT2D eigenvalue weighted by Crippen LogP contribution is 2.28. The normalized spacial score (nSPS) is 12.8. The van der Waals surface area contributed by atoms with Crippen LogP contribution < -0.4 is 5.32 Å². The molecule has 0 bridgehead atoms. The molecular formula is C16H19N5. The second-order valence-electron chi connectivity index (χ2n) is 5.54. The van der Waals surface area contributed by atoms with Crippen molar-refractivity contribution in [2.24, 2.45) is 5.92 Å². The van der Waals surface area contributed by atoms with E-state index in [0.29, 0.717) is 5.92 Å². The minimum atomic E-state index is 0.182. The average Bonchev–Trinajstić information content (AvgIpc) is 2.88. The second kappa shape index (κ2) is 5.52. The van der Waals surface area contributed by atoms with Crippen LogP contribution in [0.2, 0.25) is 0 Å². The highest BCUT2D eigenvalue weighted by atomic mass is 15.2. The number of hydrogen-bond acceptors (Lipinski definition) is 4. The zero-order valence-electron chi connectivity index (χ0n) is 12.5. The summed E-state index contributed by atoms with van der Waals surface area (Å²) in [6.45, 7) is 6.35. The molecule has 108 valence electrons. The van der Waals surface area contributed by atoms with Crippen molar-refractivity contribution in [1.29, 1.82) is 0 Å². The fourth-order valence-electron chi connectivity index (χ4n) is 2.50. The van der Waals surface area contributed by atoms with Crippen LogP contribution in [0.15, 0.2) is 36.7 Å². The highest BCUT2D eigenvalue weighted by molar-refractivity contribution is 5.86. The summed E-state index contributed by atoms with van der Waals surface area (Å²) in [5.74, 6) is 1.20. The second-order valence-corrected chi connectivity index (χ2v) is 5.54. The van der Waals surface area contributed by atoms with Crippen molar-refractivity contribution in [2.75, 3.05) is 5.32 Å². The summed E-state index contributed by atoms with van der Waals surface area (Å²) in [6.07, 6.45) is 1.58. The van der Waals surface area contributed by atoms with Crippen molar-refractivity contribution < 1.29 is 0 Å².